The molecule has 0 aliphatic carbocycles. The van der Waals surface area contributed by atoms with Crippen molar-refractivity contribution in [2.24, 2.45) is 0 Å². The second kappa shape index (κ2) is 5.25. The summed E-state index contributed by atoms with van der Waals surface area (Å²) in [4.78, 5) is 26.3. The molecule has 1 rings (SSSR count). The minimum absolute atomic E-state index is 0.348. The summed E-state index contributed by atoms with van der Waals surface area (Å²) < 4.78 is 0. The zero-order valence-electron chi connectivity index (χ0n) is 9.23. The van der Waals surface area contributed by atoms with Crippen LogP contribution in [0.5, 0.6) is 0 Å². The van der Waals surface area contributed by atoms with Gasteiger partial charge in [0.1, 0.15) is 6.04 Å². The number of aliphatic carboxylic acids is 1. The van der Waals surface area contributed by atoms with E-state index in [0.717, 1.165) is 5.56 Å². The molecular weight excluding hydrogens is 208 g/mol. The lowest BCUT2D eigenvalue weighted by Gasteiger charge is -2.11. The Morgan fingerprint density at radius 1 is 1.50 bits per heavy atom. The molecule has 5 nitrogen and oxygen atoms in total. The number of nitrogens with zero attached hydrogens (tertiary/aromatic N) is 1. The Labute approximate surface area is 93.5 Å². The fourth-order valence-electron chi connectivity index (χ4n) is 1.26. The molecule has 1 atom stereocenters. The van der Waals surface area contributed by atoms with E-state index in [9.17, 15) is 9.59 Å². The van der Waals surface area contributed by atoms with Crippen molar-refractivity contribution in [3.8, 4) is 0 Å². The number of pyridine rings is 1. The molecule has 0 saturated heterocycles. The van der Waals surface area contributed by atoms with E-state index in [2.05, 4.69) is 10.3 Å². The van der Waals surface area contributed by atoms with Crippen molar-refractivity contribution in [2.75, 3.05) is 0 Å². The van der Waals surface area contributed by atoms with Crippen molar-refractivity contribution in [3.63, 3.8) is 0 Å². The minimum Gasteiger partial charge on any atom is -0.480 e. The highest BCUT2D eigenvalue weighted by Gasteiger charge is 2.18. The van der Waals surface area contributed by atoms with Gasteiger partial charge in [-0.15, -0.1) is 0 Å². The monoisotopic (exact) mass is 222 g/mol. The largest absolute Gasteiger partial charge is 0.480 e. The van der Waals surface area contributed by atoms with E-state index >= 15 is 0 Å². The SMILES string of the molecule is CC[C@@H](NC(=O)c1cncc(C)c1)C(=O)O. The van der Waals surface area contributed by atoms with Crippen molar-refractivity contribution in [2.45, 2.75) is 26.3 Å². The zero-order chi connectivity index (χ0) is 12.1. The number of rotatable bonds is 4. The van der Waals surface area contributed by atoms with Crippen LogP contribution in [0.2, 0.25) is 0 Å². The molecule has 1 aromatic rings. The van der Waals surface area contributed by atoms with Crippen molar-refractivity contribution < 1.29 is 14.7 Å². The molecule has 0 saturated carbocycles. The average molecular weight is 222 g/mol. The lowest BCUT2D eigenvalue weighted by atomic mass is 10.2. The van der Waals surface area contributed by atoms with Crippen LogP contribution in [0.15, 0.2) is 18.5 Å². The molecule has 86 valence electrons. The van der Waals surface area contributed by atoms with E-state index in [1.807, 2.05) is 6.92 Å². The fraction of sp³-hybridized carbons (Fsp3) is 0.364. The molecule has 2 N–H and O–H groups in total. The normalized spacial score (nSPS) is 11.9. The maximum Gasteiger partial charge on any atom is 0.326 e. The number of aromatic nitrogens is 1. The van der Waals surface area contributed by atoms with Gasteiger partial charge in [0.25, 0.3) is 5.91 Å². The number of carboxylic acids is 1. The summed E-state index contributed by atoms with van der Waals surface area (Å²) >= 11 is 0. The van der Waals surface area contributed by atoms with Gasteiger partial charge in [-0.2, -0.15) is 0 Å². The summed E-state index contributed by atoms with van der Waals surface area (Å²) in [5.41, 5.74) is 1.23. The Balaban J connectivity index is 2.75. The average Bonchev–Trinajstić information content (AvgIpc) is 2.25. The Hall–Kier alpha value is -1.91. The smallest absolute Gasteiger partial charge is 0.326 e. The van der Waals surface area contributed by atoms with Gasteiger partial charge in [0.15, 0.2) is 0 Å². The van der Waals surface area contributed by atoms with E-state index in [4.69, 9.17) is 5.11 Å². The Bertz CT molecular complexity index is 404. The first-order valence-electron chi connectivity index (χ1n) is 5.00. The van der Waals surface area contributed by atoms with Gasteiger partial charge in [0.05, 0.1) is 5.56 Å². The summed E-state index contributed by atoms with van der Waals surface area (Å²) in [5, 5.41) is 11.2. The molecule has 0 aliphatic rings. The molecule has 0 fully saturated rings. The second-order valence-electron chi connectivity index (χ2n) is 3.52. The van der Waals surface area contributed by atoms with Crippen LogP contribution < -0.4 is 5.32 Å². The van der Waals surface area contributed by atoms with Crippen LogP contribution >= 0.6 is 0 Å². The number of amides is 1. The van der Waals surface area contributed by atoms with Gasteiger partial charge in [-0.3, -0.25) is 9.78 Å². The molecular formula is C11H14N2O3. The standard InChI is InChI=1S/C11H14N2O3/c1-3-9(11(15)16)13-10(14)8-4-7(2)5-12-6-8/h4-6,9H,3H2,1-2H3,(H,13,14)(H,15,16)/t9-/m1/s1. The van der Waals surface area contributed by atoms with Gasteiger partial charge in [0, 0.05) is 12.4 Å². The van der Waals surface area contributed by atoms with Crippen LogP contribution in [0, 0.1) is 6.92 Å². The molecule has 0 aromatic carbocycles. The molecule has 1 aromatic heterocycles. The van der Waals surface area contributed by atoms with Crippen LogP contribution in [0.25, 0.3) is 0 Å². The third-order valence-electron chi connectivity index (χ3n) is 2.15. The van der Waals surface area contributed by atoms with Gasteiger partial charge >= 0.3 is 5.97 Å². The number of carbonyl (C=O) groups excluding carboxylic acids is 1. The zero-order valence-corrected chi connectivity index (χ0v) is 9.23. The lowest BCUT2D eigenvalue weighted by Crippen LogP contribution is -2.40. The molecule has 5 heteroatoms. The lowest BCUT2D eigenvalue weighted by molar-refractivity contribution is -0.139. The first-order valence-corrected chi connectivity index (χ1v) is 5.00. The third kappa shape index (κ3) is 3.05. The van der Waals surface area contributed by atoms with Crippen LogP contribution in [0.4, 0.5) is 0 Å². The van der Waals surface area contributed by atoms with Crippen LogP contribution in [-0.2, 0) is 4.79 Å². The van der Waals surface area contributed by atoms with Gasteiger partial charge in [-0.1, -0.05) is 6.92 Å². The van der Waals surface area contributed by atoms with E-state index < -0.39 is 17.9 Å². The number of carbonyl (C=O) groups is 2. The van der Waals surface area contributed by atoms with Crippen LogP contribution in [0.1, 0.15) is 29.3 Å². The fourth-order valence-corrected chi connectivity index (χ4v) is 1.26. The molecule has 0 aliphatic heterocycles. The summed E-state index contributed by atoms with van der Waals surface area (Å²) in [7, 11) is 0. The molecule has 1 amide bonds. The van der Waals surface area contributed by atoms with Crippen molar-refractivity contribution in [1.29, 1.82) is 0 Å². The highest BCUT2D eigenvalue weighted by Crippen LogP contribution is 2.02. The van der Waals surface area contributed by atoms with Crippen molar-refractivity contribution in [3.05, 3.63) is 29.6 Å². The maximum absolute atomic E-state index is 11.7. The number of hydrogen-bond acceptors (Lipinski definition) is 3. The van der Waals surface area contributed by atoms with Gasteiger partial charge in [-0.05, 0) is 25.0 Å². The molecule has 0 bridgehead atoms. The first-order chi connectivity index (χ1) is 7.54. The molecule has 16 heavy (non-hydrogen) atoms. The topological polar surface area (TPSA) is 79.3 Å². The Kier molecular flexibility index (Phi) is 3.99. The van der Waals surface area contributed by atoms with Gasteiger partial charge < -0.3 is 10.4 Å². The number of hydrogen-bond donors (Lipinski definition) is 2. The van der Waals surface area contributed by atoms with Crippen LogP contribution in [-0.4, -0.2) is 28.0 Å². The maximum atomic E-state index is 11.7. The van der Waals surface area contributed by atoms with Crippen molar-refractivity contribution in [1.82, 2.24) is 10.3 Å². The van der Waals surface area contributed by atoms with Gasteiger partial charge in [0.2, 0.25) is 0 Å². The first kappa shape index (κ1) is 12.2. The van der Waals surface area contributed by atoms with E-state index in [1.165, 1.54) is 6.20 Å². The van der Waals surface area contributed by atoms with Gasteiger partial charge in [-0.25, -0.2) is 4.79 Å². The predicted molar refractivity (Wildman–Crippen MR) is 58.2 cm³/mol. The van der Waals surface area contributed by atoms with E-state index in [-0.39, 0.29) is 0 Å². The molecule has 1 heterocycles. The molecule has 0 spiro atoms. The van der Waals surface area contributed by atoms with E-state index in [0.29, 0.717) is 12.0 Å². The number of carboxylic acid groups (broad SMARTS) is 1. The second-order valence-corrected chi connectivity index (χ2v) is 3.52. The molecule has 0 unspecified atom stereocenters. The highest BCUT2D eigenvalue weighted by molar-refractivity contribution is 5.96. The Morgan fingerprint density at radius 2 is 2.19 bits per heavy atom. The minimum atomic E-state index is -1.03. The van der Waals surface area contributed by atoms with Crippen molar-refractivity contribution >= 4 is 11.9 Å². The van der Waals surface area contributed by atoms with Crippen LogP contribution in [0.3, 0.4) is 0 Å². The summed E-state index contributed by atoms with van der Waals surface area (Å²) in [6.07, 6.45) is 3.39. The number of aryl methyl sites for hydroxylation is 1. The predicted octanol–water partition coefficient (Wildman–Crippen LogP) is 0.983. The molecule has 0 radical (unpaired) electrons. The quantitative estimate of drug-likeness (QED) is 0.796. The summed E-state index contributed by atoms with van der Waals surface area (Å²) in [6.45, 7) is 3.52. The third-order valence-corrected chi connectivity index (χ3v) is 2.15. The highest BCUT2D eigenvalue weighted by atomic mass is 16.4. The summed E-state index contributed by atoms with van der Waals surface area (Å²) in [5.74, 6) is -1.44. The Morgan fingerprint density at radius 3 is 2.69 bits per heavy atom. The summed E-state index contributed by atoms with van der Waals surface area (Å²) in [6, 6.07) is 0.810. The van der Waals surface area contributed by atoms with E-state index in [1.54, 1.807) is 19.2 Å². The number of nitrogens with one attached hydrogen (secondary N) is 1.